The molecule has 0 aromatic rings. The number of hydrogen-bond donors (Lipinski definition) is 1. The summed E-state index contributed by atoms with van der Waals surface area (Å²) in [6.07, 6.45) is 5.11. The minimum Gasteiger partial charge on any atom is -0.296 e. The molecule has 0 aromatic heterocycles. The van der Waals surface area contributed by atoms with Crippen LogP contribution in [0.25, 0.3) is 0 Å². The first-order chi connectivity index (χ1) is 7.56. The summed E-state index contributed by atoms with van der Waals surface area (Å²) in [4.78, 5) is 0. The van der Waals surface area contributed by atoms with E-state index in [0.29, 0.717) is 13.1 Å². The van der Waals surface area contributed by atoms with E-state index < -0.39 is 8.41 Å². The van der Waals surface area contributed by atoms with E-state index in [9.17, 15) is 0 Å². The van der Waals surface area contributed by atoms with Crippen molar-refractivity contribution in [3.8, 4) is 23.8 Å². The summed E-state index contributed by atoms with van der Waals surface area (Å²) in [5.41, 5.74) is 2.93. The monoisotopic (exact) mass is 252 g/mol. The Hall–Kier alpha value is -0.773. The van der Waals surface area contributed by atoms with E-state index in [0.717, 1.165) is 0 Å². The van der Waals surface area contributed by atoms with Crippen LogP contribution in [0, 0.1) is 23.8 Å². The molecule has 0 saturated carbocycles. The van der Waals surface area contributed by atoms with E-state index in [4.69, 9.17) is 6.42 Å². The summed E-state index contributed by atoms with van der Waals surface area (Å²) in [6.45, 7) is 12.6. The van der Waals surface area contributed by atoms with Crippen molar-refractivity contribution < 1.29 is 4.11 Å². The molecule has 0 aliphatic rings. The first-order valence-electron chi connectivity index (χ1n) is 5.89. The predicted molar refractivity (Wildman–Crippen MR) is 75.8 cm³/mol. The highest BCUT2D eigenvalue weighted by atomic mass is 28.4. The molecule has 0 aromatic carbocycles. The van der Waals surface area contributed by atoms with Gasteiger partial charge in [-0.2, -0.15) is 0 Å². The Morgan fingerprint density at radius 3 is 1.88 bits per heavy atom. The molecule has 96 valence electrons. The Morgan fingerprint density at radius 2 is 1.53 bits per heavy atom. The molecule has 0 bridgehead atoms. The highest BCUT2D eigenvalue weighted by Gasteiger charge is 2.54. The van der Waals surface area contributed by atoms with Gasteiger partial charge in [-0.15, -0.1) is 6.42 Å². The van der Waals surface area contributed by atoms with Gasteiger partial charge >= 0.3 is 8.41 Å². The molecule has 3 heteroatoms. The van der Waals surface area contributed by atoms with Crippen molar-refractivity contribution in [1.29, 1.82) is 0 Å². The average molecular weight is 252 g/mol. The van der Waals surface area contributed by atoms with Crippen molar-refractivity contribution in [3.63, 3.8) is 0 Å². The lowest BCUT2D eigenvalue weighted by Crippen LogP contribution is -2.47. The molecule has 0 unspecified atom stereocenters. The highest BCUT2D eigenvalue weighted by molar-refractivity contribution is 6.86. The maximum Gasteiger partial charge on any atom is 0.333 e. The van der Waals surface area contributed by atoms with Gasteiger partial charge in [-0.3, -0.25) is 9.42 Å². The molecular formula is C14H24FNSi. The standard InChI is InChI=1S/C14H24FNSi/c1-8-10-16-11-9-12-17(15,13(2,3)4)14(5,6)7/h1,16H,10-11H2,2-7H3/i15-1. The smallest absolute Gasteiger partial charge is 0.296 e. The molecule has 1 N–H and O–H groups in total. The van der Waals surface area contributed by atoms with Crippen LogP contribution in [0.15, 0.2) is 0 Å². The topological polar surface area (TPSA) is 12.0 Å². The maximum atomic E-state index is 15.2. The molecule has 0 spiro atoms. The van der Waals surface area contributed by atoms with Gasteiger partial charge in [-0.25, -0.2) is 0 Å². The van der Waals surface area contributed by atoms with Gasteiger partial charge in [-0.1, -0.05) is 58.9 Å². The number of terminal acetylenes is 1. The van der Waals surface area contributed by atoms with Crippen molar-refractivity contribution >= 4 is 8.41 Å². The third-order valence-corrected chi connectivity index (χ3v) is 7.42. The zero-order valence-corrected chi connectivity index (χ0v) is 12.9. The fraction of sp³-hybridized carbons (Fsp3) is 0.714. The van der Waals surface area contributed by atoms with E-state index in [1.54, 1.807) is 0 Å². The second kappa shape index (κ2) is 5.71. The molecule has 0 aliphatic carbocycles. The van der Waals surface area contributed by atoms with Crippen molar-refractivity contribution in [2.24, 2.45) is 0 Å². The second-order valence-corrected chi connectivity index (χ2v) is 10.8. The minimum atomic E-state index is -3.17. The lowest BCUT2D eigenvalue weighted by atomic mass is 10.2. The molecule has 0 rings (SSSR count). The van der Waals surface area contributed by atoms with Gasteiger partial charge in [0.05, 0.1) is 13.1 Å². The lowest BCUT2D eigenvalue weighted by Gasteiger charge is -2.40. The van der Waals surface area contributed by atoms with Crippen LogP contribution in [0.3, 0.4) is 0 Å². The quantitative estimate of drug-likeness (QED) is 0.344. The summed E-state index contributed by atoms with van der Waals surface area (Å²) < 4.78 is 15.2. The normalized spacial score (nSPS) is 12.6. The number of halogens is 1. The van der Waals surface area contributed by atoms with Crippen LogP contribution in [0.2, 0.25) is 10.1 Å². The Labute approximate surface area is 107 Å². The van der Waals surface area contributed by atoms with Gasteiger partial charge in [0.25, 0.3) is 0 Å². The van der Waals surface area contributed by atoms with Gasteiger partial charge in [0.2, 0.25) is 0 Å². The number of rotatable bonds is 2. The summed E-state index contributed by atoms with van der Waals surface area (Å²) in [7, 11) is -3.17. The molecule has 0 saturated heterocycles. The Bertz CT molecular complexity index is 330. The maximum absolute atomic E-state index is 15.2. The van der Waals surface area contributed by atoms with Crippen molar-refractivity contribution in [3.05, 3.63) is 0 Å². The van der Waals surface area contributed by atoms with E-state index in [1.165, 1.54) is 0 Å². The van der Waals surface area contributed by atoms with E-state index in [-0.39, 0.29) is 10.1 Å². The van der Waals surface area contributed by atoms with Crippen LogP contribution in [-0.4, -0.2) is 21.5 Å². The van der Waals surface area contributed by atoms with Gasteiger partial charge < -0.3 is 0 Å². The molecule has 0 atom stereocenters. The molecule has 0 amide bonds. The Kier molecular flexibility index (Phi) is 5.45. The Morgan fingerprint density at radius 1 is 1.06 bits per heavy atom. The fourth-order valence-electron chi connectivity index (χ4n) is 1.86. The molecule has 17 heavy (non-hydrogen) atoms. The van der Waals surface area contributed by atoms with E-state index in [2.05, 4.69) is 22.7 Å². The third-order valence-electron chi connectivity index (χ3n) is 2.77. The average Bonchev–Trinajstić information content (AvgIpc) is 2.13. The number of hydrogen-bond acceptors (Lipinski definition) is 1. The first-order valence-corrected chi connectivity index (χ1v) is 7.77. The molecule has 0 aliphatic heterocycles. The van der Waals surface area contributed by atoms with Gasteiger partial charge in [0.1, 0.15) is 0 Å². The van der Waals surface area contributed by atoms with Gasteiger partial charge in [-0.05, 0) is 10.1 Å². The summed E-state index contributed by atoms with van der Waals surface area (Å²) in [5, 5.41) is 2.19. The molecule has 0 heterocycles. The number of nitrogens with one attached hydrogen (secondary N) is 1. The van der Waals surface area contributed by atoms with Crippen LogP contribution in [0.5, 0.6) is 0 Å². The third kappa shape index (κ3) is 4.19. The highest BCUT2D eigenvalue weighted by Crippen LogP contribution is 2.51. The molecule has 1 nitrogen and oxygen atoms in total. The van der Waals surface area contributed by atoms with Gasteiger partial charge in [0, 0.05) is 0 Å². The summed E-state index contributed by atoms with van der Waals surface area (Å²) in [6, 6.07) is 0. The molecule has 0 radical (unpaired) electrons. The van der Waals surface area contributed by atoms with Crippen LogP contribution < -0.4 is 5.32 Å². The zero-order valence-electron chi connectivity index (χ0n) is 11.9. The molecular weight excluding hydrogens is 228 g/mol. The fourth-order valence-corrected chi connectivity index (χ4v) is 5.20. The van der Waals surface area contributed by atoms with Crippen molar-refractivity contribution in [2.75, 3.05) is 13.1 Å². The van der Waals surface area contributed by atoms with E-state index >= 15 is 4.11 Å². The molecule has 0 fully saturated rings. The SMILES string of the molecule is C#CCNCC#C[Si]([18F])(C(C)(C)C)C(C)(C)C. The second-order valence-electron chi connectivity index (χ2n) is 6.27. The predicted octanol–water partition coefficient (Wildman–Crippen LogP) is 3.27. The summed E-state index contributed by atoms with van der Waals surface area (Å²) in [5.74, 6) is 5.37. The minimum absolute atomic E-state index is 0.385. The van der Waals surface area contributed by atoms with Crippen LogP contribution in [0.1, 0.15) is 41.5 Å². The first kappa shape index (κ1) is 16.2. The van der Waals surface area contributed by atoms with Crippen molar-refractivity contribution in [2.45, 2.75) is 51.6 Å². The lowest BCUT2D eigenvalue weighted by molar-refractivity contribution is 0.537. The largest absolute Gasteiger partial charge is 0.333 e. The zero-order chi connectivity index (χ0) is 13.7. The van der Waals surface area contributed by atoms with E-state index in [1.807, 2.05) is 41.5 Å². The van der Waals surface area contributed by atoms with Gasteiger partial charge in [0.15, 0.2) is 0 Å². The van der Waals surface area contributed by atoms with Crippen LogP contribution in [-0.2, 0) is 0 Å². The summed E-state index contributed by atoms with van der Waals surface area (Å²) >= 11 is 0. The van der Waals surface area contributed by atoms with Crippen molar-refractivity contribution in [1.82, 2.24) is 5.32 Å². The van der Waals surface area contributed by atoms with Crippen LogP contribution >= 0.6 is 0 Å². The Balaban J connectivity index is 4.94. The van der Waals surface area contributed by atoms with Crippen LogP contribution in [0.4, 0.5) is 4.11 Å².